The minimum absolute atomic E-state index is 0.0381. The summed E-state index contributed by atoms with van der Waals surface area (Å²) in [4.78, 5) is 25.8. The maximum Gasteiger partial charge on any atom is 0.460 e. The van der Waals surface area contributed by atoms with Crippen LogP contribution in [0.3, 0.4) is 0 Å². The summed E-state index contributed by atoms with van der Waals surface area (Å²) in [6.07, 6.45) is -13.8. The smallest absolute Gasteiger partial charge is 0.414 e. The molecule has 0 aromatic carbocycles. The molecule has 0 unspecified atom stereocenters. The number of aliphatic hydroxyl groups excluding tert-OH is 1. The second kappa shape index (κ2) is 13.8. The zero-order valence-corrected chi connectivity index (χ0v) is 27.7. The van der Waals surface area contributed by atoms with Crippen molar-refractivity contribution in [2.75, 3.05) is 6.61 Å². The highest BCUT2D eigenvalue weighted by Crippen LogP contribution is 2.64. The van der Waals surface area contributed by atoms with Crippen molar-refractivity contribution < 1.29 is 88.9 Å². The van der Waals surface area contributed by atoms with Crippen LogP contribution in [0.1, 0.15) is 52.3 Å². The first-order chi connectivity index (χ1) is 22.5. The molecule has 0 aliphatic carbocycles. The van der Waals surface area contributed by atoms with Crippen LogP contribution in [0.25, 0.3) is 0 Å². The molecule has 0 bridgehead atoms. The lowest BCUT2D eigenvalue weighted by molar-refractivity contribution is -0.461. The highest BCUT2D eigenvalue weighted by atomic mass is 28.4. The summed E-state index contributed by atoms with van der Waals surface area (Å²) in [6.45, 7) is 5.58. The predicted molar refractivity (Wildman–Crippen MR) is 143 cm³/mol. The van der Waals surface area contributed by atoms with E-state index in [1.165, 1.54) is 34.6 Å². The van der Waals surface area contributed by atoms with Crippen LogP contribution in [0, 0.1) is 6.92 Å². The molecule has 1 aromatic rings. The fraction of sp³-hybridized carbons (Fsp3) is 0.846. The molecule has 0 spiro atoms. The fourth-order valence-corrected chi connectivity index (χ4v) is 9.91. The number of nitrogens with one attached hydrogen (secondary N) is 1. The summed E-state index contributed by atoms with van der Waals surface area (Å²) in [5.41, 5.74) is -3.61. The van der Waals surface area contributed by atoms with Gasteiger partial charge < -0.3 is 14.3 Å². The Morgan fingerprint density at radius 1 is 0.804 bits per heavy atom. The summed E-state index contributed by atoms with van der Waals surface area (Å²) in [7, 11) is -4.13. The molecule has 1 fully saturated rings. The van der Waals surface area contributed by atoms with Crippen molar-refractivity contribution in [1.82, 2.24) is 9.55 Å². The van der Waals surface area contributed by atoms with Gasteiger partial charge in [0.1, 0.15) is 12.3 Å². The van der Waals surface area contributed by atoms with Gasteiger partial charge in [0, 0.05) is 24.6 Å². The zero-order chi connectivity index (χ0) is 40.4. The molecular formula is C26H31F17N2O5Si. The van der Waals surface area contributed by atoms with E-state index >= 15 is 0 Å². The van der Waals surface area contributed by atoms with E-state index in [0.29, 0.717) is 0 Å². The number of halogens is 17. The third-order valence-corrected chi connectivity index (χ3v) is 14.4. The third kappa shape index (κ3) is 7.15. The molecule has 1 aromatic heterocycles. The molecule has 25 heteroatoms. The lowest BCUT2D eigenvalue weighted by atomic mass is 9.88. The van der Waals surface area contributed by atoms with Gasteiger partial charge in [0.15, 0.2) is 8.32 Å². The number of rotatable bonds is 15. The van der Waals surface area contributed by atoms with Crippen molar-refractivity contribution >= 4 is 8.32 Å². The van der Waals surface area contributed by atoms with Crippen LogP contribution >= 0.6 is 0 Å². The van der Waals surface area contributed by atoms with Gasteiger partial charge in [0.25, 0.3) is 5.56 Å². The number of alkyl halides is 17. The second-order valence-electron chi connectivity index (χ2n) is 12.6. The van der Waals surface area contributed by atoms with Crippen LogP contribution < -0.4 is 11.2 Å². The van der Waals surface area contributed by atoms with Gasteiger partial charge in [-0.2, -0.15) is 74.6 Å². The van der Waals surface area contributed by atoms with Gasteiger partial charge in [0.05, 0.1) is 12.7 Å². The number of ether oxygens (including phenoxy) is 1. The molecule has 0 radical (unpaired) electrons. The van der Waals surface area contributed by atoms with Crippen LogP contribution in [0.2, 0.25) is 17.1 Å². The normalized spacial score (nSPS) is 20.9. The summed E-state index contributed by atoms with van der Waals surface area (Å²) < 4.78 is 246. The van der Waals surface area contributed by atoms with E-state index in [9.17, 15) is 89.3 Å². The Morgan fingerprint density at radius 2 is 1.24 bits per heavy atom. The largest absolute Gasteiger partial charge is 0.460 e. The first kappa shape index (κ1) is 44.7. The van der Waals surface area contributed by atoms with Crippen molar-refractivity contribution in [2.24, 2.45) is 0 Å². The fourth-order valence-electron chi connectivity index (χ4n) is 5.43. The maximum absolute atomic E-state index is 14.9. The Balaban J connectivity index is 2.42. The van der Waals surface area contributed by atoms with Crippen molar-refractivity contribution in [2.45, 2.75) is 131 Å². The quantitative estimate of drug-likeness (QED) is 0.140. The van der Waals surface area contributed by atoms with Crippen molar-refractivity contribution in [3.63, 3.8) is 0 Å². The number of hydrogen-bond acceptors (Lipinski definition) is 5. The van der Waals surface area contributed by atoms with Gasteiger partial charge in [-0.25, -0.2) is 4.79 Å². The second-order valence-corrected chi connectivity index (χ2v) is 17.6. The average Bonchev–Trinajstić information content (AvgIpc) is 3.33. The molecule has 2 rings (SSSR count). The van der Waals surface area contributed by atoms with Crippen LogP contribution in [0.4, 0.5) is 74.6 Å². The van der Waals surface area contributed by atoms with E-state index in [1.807, 2.05) is 4.98 Å². The highest BCUT2D eigenvalue weighted by molar-refractivity contribution is 6.76. The molecule has 3 atom stereocenters. The molecular weight excluding hydrogens is 771 g/mol. The van der Waals surface area contributed by atoms with E-state index < -0.39 is 116 Å². The molecule has 2 heterocycles. The number of aromatic amines is 1. The van der Waals surface area contributed by atoms with Crippen molar-refractivity contribution in [3.05, 3.63) is 32.6 Å². The number of H-pyrrole nitrogens is 1. The molecule has 1 saturated heterocycles. The molecule has 0 amide bonds. The van der Waals surface area contributed by atoms with E-state index in [4.69, 9.17) is 9.16 Å². The number of aryl methyl sites for hydroxylation is 1. The predicted octanol–water partition coefficient (Wildman–Crippen LogP) is 7.68. The molecule has 1 aliphatic heterocycles. The van der Waals surface area contributed by atoms with Gasteiger partial charge in [-0.15, -0.1) is 0 Å². The van der Waals surface area contributed by atoms with E-state index in [0.717, 1.165) is 10.8 Å². The topological polar surface area (TPSA) is 93.6 Å². The van der Waals surface area contributed by atoms with Crippen molar-refractivity contribution in [1.29, 1.82) is 0 Å². The summed E-state index contributed by atoms with van der Waals surface area (Å²) in [5.74, 6) is -57.0. The van der Waals surface area contributed by atoms with Crippen LogP contribution in [-0.4, -0.2) is 89.4 Å². The number of aromatic nitrogens is 2. The Labute approximate surface area is 277 Å². The molecule has 7 nitrogen and oxygen atoms in total. The Hall–Kier alpha value is -2.41. The molecule has 1 aliphatic rings. The summed E-state index contributed by atoms with van der Waals surface area (Å²) in [5, 5.41) is 10.5. The van der Waals surface area contributed by atoms with Crippen LogP contribution in [0.15, 0.2) is 15.8 Å². The summed E-state index contributed by atoms with van der Waals surface area (Å²) >= 11 is 0. The van der Waals surface area contributed by atoms with Gasteiger partial charge >= 0.3 is 53.3 Å². The SMILES string of the molecule is Cc1cn([C@H]2C[C@H](O)[C@@H](CO[Si](CCC(F)(F)C(F)(F)C(F)(F)C(F)(F)C(F)(F)C(F)(F)C(F)(F)C(F)(F)F)(C(C)C)C(C)C)O2)c(=O)[nH]c1=O. The third-order valence-electron chi connectivity index (χ3n) is 8.75. The van der Waals surface area contributed by atoms with Crippen molar-refractivity contribution in [3.8, 4) is 0 Å². The maximum atomic E-state index is 14.9. The average molecular weight is 803 g/mol. The molecule has 0 saturated carbocycles. The lowest BCUT2D eigenvalue weighted by Gasteiger charge is -2.44. The highest BCUT2D eigenvalue weighted by Gasteiger charge is 2.95. The first-order valence-corrected chi connectivity index (χ1v) is 16.8. The standard InChI is InChI=1S/C26H31F17N2O5Si/c1-11(2)51(12(3)4,49-10-15-14(46)8-16(50-15)45-9-13(5)17(47)44-18(45)48)7-6-19(27,28)20(29,30)21(31,32)22(33,34)23(35,36)24(37,38)25(39,40)26(41,42)43/h9,11-12,14-16,46H,6-8,10H2,1-5H3,(H,44,47,48)/t14-,15+,16+/m0/s1. The number of hydrogen-bond donors (Lipinski definition) is 2. The molecule has 298 valence electrons. The first-order valence-electron chi connectivity index (χ1n) is 14.5. The number of nitrogens with zero attached hydrogens (tertiary/aromatic N) is 1. The van der Waals surface area contributed by atoms with Crippen LogP contribution in [-0.2, 0) is 9.16 Å². The lowest BCUT2D eigenvalue weighted by Crippen LogP contribution is -2.74. The summed E-state index contributed by atoms with van der Waals surface area (Å²) in [6, 6.07) is -1.41. The van der Waals surface area contributed by atoms with Gasteiger partial charge in [0.2, 0.25) is 0 Å². The minimum atomic E-state index is -8.71. The van der Waals surface area contributed by atoms with Crippen LogP contribution in [0.5, 0.6) is 0 Å². The monoisotopic (exact) mass is 802 g/mol. The molecule has 2 N–H and O–H groups in total. The Morgan fingerprint density at radius 3 is 1.67 bits per heavy atom. The molecule has 51 heavy (non-hydrogen) atoms. The number of aliphatic hydroxyl groups is 1. The van der Waals surface area contributed by atoms with Gasteiger partial charge in [-0.1, -0.05) is 27.7 Å². The van der Waals surface area contributed by atoms with E-state index in [1.54, 1.807) is 0 Å². The Kier molecular flexibility index (Phi) is 12.1. The van der Waals surface area contributed by atoms with Gasteiger partial charge in [-0.05, 0) is 24.1 Å². The zero-order valence-electron chi connectivity index (χ0n) is 26.7. The minimum Gasteiger partial charge on any atom is -0.414 e. The van der Waals surface area contributed by atoms with E-state index in [2.05, 4.69) is 0 Å². The van der Waals surface area contributed by atoms with E-state index in [-0.39, 0.29) is 12.0 Å². The van der Waals surface area contributed by atoms with Gasteiger partial charge in [-0.3, -0.25) is 14.3 Å². The Bertz CT molecular complexity index is 1500.